The lowest BCUT2D eigenvalue weighted by atomic mass is 10.5. The molecule has 0 saturated carbocycles. The van der Waals surface area contributed by atoms with Gasteiger partial charge in [-0.2, -0.15) is 0 Å². The van der Waals surface area contributed by atoms with Gasteiger partial charge in [0.1, 0.15) is 6.61 Å². The van der Waals surface area contributed by atoms with Crippen LogP contribution < -0.4 is 0 Å². The van der Waals surface area contributed by atoms with Gasteiger partial charge in [0.05, 0.1) is 19.8 Å². The number of hydrogen-bond donors (Lipinski definition) is 0. The van der Waals surface area contributed by atoms with E-state index in [1.54, 1.807) is 0 Å². The van der Waals surface area contributed by atoms with Crippen LogP contribution in [0.2, 0.25) is 0 Å². The van der Waals surface area contributed by atoms with E-state index in [0.29, 0.717) is 33.0 Å². The molecule has 0 aromatic heterocycles. The fraction of sp³-hybridized carbons (Fsp3) is 0.778. The van der Waals surface area contributed by atoms with Gasteiger partial charge >= 0.3 is 5.97 Å². The minimum Gasteiger partial charge on any atom is -0.463 e. The smallest absolute Gasteiger partial charge is 0.302 e. The molecule has 0 bridgehead atoms. The molecule has 1 radical (unpaired) electrons. The second-order valence-corrected chi connectivity index (χ2v) is 2.42. The molecule has 0 saturated heterocycles. The Morgan fingerprint density at radius 3 is 2.15 bits per heavy atom. The van der Waals surface area contributed by atoms with Crippen LogP contribution in [0, 0.1) is 6.92 Å². The summed E-state index contributed by atoms with van der Waals surface area (Å²) < 4.78 is 14.9. The molecule has 0 rings (SSSR count). The SMILES string of the molecule is [CH2]CCOCCOCCOC(C)=O. The predicted molar refractivity (Wildman–Crippen MR) is 48.2 cm³/mol. The maximum Gasteiger partial charge on any atom is 0.302 e. The van der Waals surface area contributed by atoms with Crippen molar-refractivity contribution in [1.29, 1.82) is 0 Å². The molecular weight excluding hydrogens is 172 g/mol. The molecule has 0 aromatic carbocycles. The van der Waals surface area contributed by atoms with Gasteiger partial charge in [0, 0.05) is 13.5 Å². The van der Waals surface area contributed by atoms with Gasteiger partial charge in [0.15, 0.2) is 0 Å². The van der Waals surface area contributed by atoms with E-state index < -0.39 is 0 Å². The number of carbonyl (C=O) groups is 1. The van der Waals surface area contributed by atoms with Crippen LogP contribution >= 0.6 is 0 Å². The highest BCUT2D eigenvalue weighted by Gasteiger charge is 1.92. The number of ether oxygens (including phenoxy) is 3. The van der Waals surface area contributed by atoms with Crippen molar-refractivity contribution in [3.63, 3.8) is 0 Å². The lowest BCUT2D eigenvalue weighted by Gasteiger charge is -2.04. The molecule has 0 aliphatic rings. The van der Waals surface area contributed by atoms with E-state index >= 15 is 0 Å². The van der Waals surface area contributed by atoms with Gasteiger partial charge in [-0.25, -0.2) is 0 Å². The van der Waals surface area contributed by atoms with Crippen LogP contribution in [0.1, 0.15) is 13.3 Å². The molecule has 0 aliphatic heterocycles. The summed E-state index contributed by atoms with van der Waals surface area (Å²) in [5.74, 6) is -0.281. The quantitative estimate of drug-likeness (QED) is 0.418. The van der Waals surface area contributed by atoms with E-state index in [4.69, 9.17) is 9.47 Å². The molecule has 4 heteroatoms. The first kappa shape index (κ1) is 12.4. The maximum absolute atomic E-state index is 10.3. The Bertz CT molecular complexity index is 125. The van der Waals surface area contributed by atoms with Crippen LogP contribution in [0.15, 0.2) is 0 Å². The Kier molecular flexibility index (Phi) is 9.03. The van der Waals surface area contributed by atoms with Crippen LogP contribution in [0.3, 0.4) is 0 Å². The molecule has 0 spiro atoms. The van der Waals surface area contributed by atoms with E-state index in [9.17, 15) is 4.79 Å². The minimum atomic E-state index is -0.281. The molecular formula is C9H17O4. The van der Waals surface area contributed by atoms with Gasteiger partial charge in [-0.15, -0.1) is 0 Å². The second-order valence-electron chi connectivity index (χ2n) is 2.42. The minimum absolute atomic E-state index is 0.281. The van der Waals surface area contributed by atoms with E-state index in [2.05, 4.69) is 11.7 Å². The monoisotopic (exact) mass is 189 g/mol. The van der Waals surface area contributed by atoms with Crippen LogP contribution in [-0.2, 0) is 19.0 Å². The summed E-state index contributed by atoms with van der Waals surface area (Å²) in [6.45, 7) is 7.49. The van der Waals surface area contributed by atoms with Gasteiger partial charge in [0.25, 0.3) is 0 Å². The van der Waals surface area contributed by atoms with Crippen LogP contribution in [-0.4, -0.2) is 39.0 Å². The highest BCUT2D eigenvalue weighted by atomic mass is 16.6. The summed E-state index contributed by atoms with van der Waals surface area (Å²) in [6, 6.07) is 0. The Morgan fingerprint density at radius 1 is 1.08 bits per heavy atom. The number of esters is 1. The third-order valence-electron chi connectivity index (χ3n) is 1.19. The topological polar surface area (TPSA) is 44.8 Å². The van der Waals surface area contributed by atoms with E-state index in [0.717, 1.165) is 6.42 Å². The lowest BCUT2D eigenvalue weighted by Crippen LogP contribution is -2.11. The van der Waals surface area contributed by atoms with Gasteiger partial charge in [-0.1, -0.05) is 6.92 Å². The fourth-order valence-corrected chi connectivity index (χ4v) is 0.668. The summed E-state index contributed by atoms with van der Waals surface area (Å²) >= 11 is 0. The van der Waals surface area contributed by atoms with Crippen molar-refractivity contribution in [3.05, 3.63) is 6.92 Å². The summed E-state index contributed by atoms with van der Waals surface area (Å²) in [5, 5.41) is 0. The third-order valence-corrected chi connectivity index (χ3v) is 1.19. The zero-order valence-electron chi connectivity index (χ0n) is 8.08. The lowest BCUT2D eigenvalue weighted by molar-refractivity contribution is -0.142. The zero-order chi connectivity index (χ0) is 9.94. The maximum atomic E-state index is 10.3. The third kappa shape index (κ3) is 11.4. The molecule has 4 nitrogen and oxygen atoms in total. The molecule has 0 aromatic rings. The van der Waals surface area contributed by atoms with Crippen molar-refractivity contribution in [1.82, 2.24) is 0 Å². The van der Waals surface area contributed by atoms with Gasteiger partial charge in [-0.05, 0) is 6.42 Å². The Hall–Kier alpha value is -0.610. The average molecular weight is 189 g/mol. The molecule has 0 amide bonds. The first-order valence-corrected chi connectivity index (χ1v) is 4.35. The Morgan fingerprint density at radius 2 is 1.62 bits per heavy atom. The number of rotatable bonds is 8. The largest absolute Gasteiger partial charge is 0.463 e. The Balaban J connectivity index is 2.87. The van der Waals surface area contributed by atoms with Crippen LogP contribution in [0.5, 0.6) is 0 Å². The normalized spacial score (nSPS) is 10.0. The van der Waals surface area contributed by atoms with E-state index in [1.165, 1.54) is 6.92 Å². The zero-order valence-corrected chi connectivity index (χ0v) is 8.08. The Labute approximate surface area is 79.2 Å². The van der Waals surface area contributed by atoms with Crippen molar-refractivity contribution in [2.24, 2.45) is 0 Å². The number of hydrogen-bond acceptors (Lipinski definition) is 4. The molecule has 0 fully saturated rings. The van der Waals surface area contributed by atoms with E-state index in [1.807, 2.05) is 0 Å². The van der Waals surface area contributed by atoms with Crippen molar-refractivity contribution >= 4 is 5.97 Å². The molecule has 0 heterocycles. The highest BCUT2D eigenvalue weighted by Crippen LogP contribution is 1.83. The van der Waals surface area contributed by atoms with Gasteiger partial charge in [0.2, 0.25) is 0 Å². The van der Waals surface area contributed by atoms with Crippen molar-refractivity contribution < 1.29 is 19.0 Å². The second kappa shape index (κ2) is 9.48. The summed E-state index contributed by atoms with van der Waals surface area (Å²) in [7, 11) is 0. The first-order valence-electron chi connectivity index (χ1n) is 4.35. The molecule has 0 unspecified atom stereocenters. The van der Waals surface area contributed by atoms with Crippen molar-refractivity contribution in [3.8, 4) is 0 Å². The highest BCUT2D eigenvalue weighted by molar-refractivity contribution is 5.65. The molecule has 0 atom stereocenters. The molecule has 0 aliphatic carbocycles. The van der Waals surface area contributed by atoms with Gasteiger partial charge in [-0.3, -0.25) is 4.79 Å². The van der Waals surface area contributed by atoms with Gasteiger partial charge < -0.3 is 14.2 Å². The summed E-state index contributed by atoms with van der Waals surface area (Å²) in [6.07, 6.45) is 0.771. The molecule has 13 heavy (non-hydrogen) atoms. The number of carbonyl (C=O) groups excluding carboxylic acids is 1. The molecule has 77 valence electrons. The van der Waals surface area contributed by atoms with Crippen LogP contribution in [0.4, 0.5) is 0 Å². The average Bonchev–Trinajstić information content (AvgIpc) is 2.09. The van der Waals surface area contributed by atoms with Crippen LogP contribution in [0.25, 0.3) is 0 Å². The fourth-order valence-electron chi connectivity index (χ4n) is 0.668. The first-order chi connectivity index (χ1) is 6.27. The van der Waals surface area contributed by atoms with Crippen molar-refractivity contribution in [2.45, 2.75) is 13.3 Å². The predicted octanol–water partition coefficient (Wildman–Crippen LogP) is 0.807. The summed E-state index contributed by atoms with van der Waals surface area (Å²) in [4.78, 5) is 10.3. The van der Waals surface area contributed by atoms with Crippen molar-refractivity contribution in [2.75, 3.05) is 33.0 Å². The molecule has 0 N–H and O–H groups in total. The standard InChI is InChI=1S/C9H17O4/c1-3-4-11-5-6-12-7-8-13-9(2)10/h1,3-8H2,2H3. The summed E-state index contributed by atoms with van der Waals surface area (Å²) in [5.41, 5.74) is 0. The van der Waals surface area contributed by atoms with E-state index in [-0.39, 0.29) is 5.97 Å².